The Balaban J connectivity index is 1.99. The number of anilines is 1. The van der Waals surface area contributed by atoms with E-state index in [1.54, 1.807) is 6.20 Å². The number of carbonyl (C=O) groups excluding carboxylic acids is 1. The zero-order chi connectivity index (χ0) is 17.0. The highest BCUT2D eigenvalue weighted by Crippen LogP contribution is 2.22. The third-order valence-corrected chi connectivity index (χ3v) is 3.68. The second-order valence-electron chi connectivity index (χ2n) is 7.08. The van der Waals surface area contributed by atoms with Gasteiger partial charge in [0, 0.05) is 18.3 Å². The minimum Gasteiger partial charge on any atom is -0.319 e. The molecule has 5 heteroatoms. The molecule has 1 amide bonds. The Bertz CT molecular complexity index is 650. The van der Waals surface area contributed by atoms with Gasteiger partial charge in [0.15, 0.2) is 0 Å². The molecule has 1 aromatic carbocycles. The van der Waals surface area contributed by atoms with Crippen molar-refractivity contribution >= 4 is 11.6 Å². The van der Waals surface area contributed by atoms with Crippen LogP contribution in [0.4, 0.5) is 5.69 Å². The molecular formula is C18H26N4O. The topological polar surface area (TPSA) is 50.2 Å². The predicted octanol–water partition coefficient (Wildman–Crippen LogP) is 2.99. The van der Waals surface area contributed by atoms with Crippen molar-refractivity contribution in [3.05, 3.63) is 47.8 Å². The molecule has 0 atom stereocenters. The maximum Gasteiger partial charge on any atom is 0.255 e. The molecule has 2 rings (SSSR count). The molecule has 0 aliphatic carbocycles. The first kappa shape index (κ1) is 17.2. The van der Waals surface area contributed by atoms with E-state index >= 15 is 0 Å². The van der Waals surface area contributed by atoms with Gasteiger partial charge in [-0.25, -0.2) is 0 Å². The summed E-state index contributed by atoms with van der Waals surface area (Å²) in [5, 5.41) is 7.15. The SMILES string of the molecule is CN(C)CCn1cc(NC(=O)c2ccc(C(C)(C)C)cc2)cn1. The maximum atomic E-state index is 12.3. The molecule has 1 heterocycles. The van der Waals surface area contributed by atoms with Crippen molar-refractivity contribution in [3.8, 4) is 0 Å². The Labute approximate surface area is 138 Å². The summed E-state index contributed by atoms with van der Waals surface area (Å²) in [4.78, 5) is 14.4. The van der Waals surface area contributed by atoms with Crippen LogP contribution in [0.2, 0.25) is 0 Å². The van der Waals surface area contributed by atoms with Gasteiger partial charge in [0.25, 0.3) is 5.91 Å². The minimum absolute atomic E-state index is 0.0859. The highest BCUT2D eigenvalue weighted by Gasteiger charge is 2.14. The van der Waals surface area contributed by atoms with E-state index in [1.165, 1.54) is 5.56 Å². The fraction of sp³-hybridized carbons (Fsp3) is 0.444. The van der Waals surface area contributed by atoms with Crippen molar-refractivity contribution in [2.24, 2.45) is 0 Å². The van der Waals surface area contributed by atoms with Gasteiger partial charge in [-0.1, -0.05) is 32.9 Å². The van der Waals surface area contributed by atoms with E-state index in [4.69, 9.17) is 0 Å². The first-order valence-electron chi connectivity index (χ1n) is 7.85. The van der Waals surface area contributed by atoms with Crippen molar-refractivity contribution in [1.82, 2.24) is 14.7 Å². The zero-order valence-corrected chi connectivity index (χ0v) is 14.6. The van der Waals surface area contributed by atoms with E-state index in [2.05, 4.69) is 36.1 Å². The van der Waals surface area contributed by atoms with Crippen LogP contribution in [0.1, 0.15) is 36.7 Å². The molecule has 23 heavy (non-hydrogen) atoms. The standard InChI is InChI=1S/C18H26N4O/c1-18(2,3)15-8-6-14(7-9-15)17(23)20-16-12-19-22(13-16)11-10-21(4)5/h6-9,12-13H,10-11H2,1-5H3,(H,20,23). The third-order valence-electron chi connectivity index (χ3n) is 3.68. The molecule has 0 fully saturated rings. The first-order valence-corrected chi connectivity index (χ1v) is 7.85. The fourth-order valence-corrected chi connectivity index (χ4v) is 2.18. The van der Waals surface area contributed by atoms with Crippen LogP contribution in [0.15, 0.2) is 36.7 Å². The molecule has 0 saturated heterocycles. The van der Waals surface area contributed by atoms with Gasteiger partial charge in [-0.3, -0.25) is 9.48 Å². The summed E-state index contributed by atoms with van der Waals surface area (Å²) in [5.41, 5.74) is 2.67. The second kappa shape index (κ2) is 6.96. The Morgan fingerprint density at radius 3 is 2.43 bits per heavy atom. The number of rotatable bonds is 5. The van der Waals surface area contributed by atoms with E-state index in [1.807, 2.05) is 49.2 Å². The quantitative estimate of drug-likeness (QED) is 0.923. The van der Waals surface area contributed by atoms with Crippen molar-refractivity contribution in [2.45, 2.75) is 32.7 Å². The van der Waals surface area contributed by atoms with E-state index in [-0.39, 0.29) is 11.3 Å². The van der Waals surface area contributed by atoms with Crippen LogP contribution in [0.25, 0.3) is 0 Å². The number of nitrogens with one attached hydrogen (secondary N) is 1. The molecule has 1 N–H and O–H groups in total. The van der Waals surface area contributed by atoms with Gasteiger partial charge in [-0.15, -0.1) is 0 Å². The van der Waals surface area contributed by atoms with Crippen LogP contribution in [-0.2, 0) is 12.0 Å². The summed E-state index contributed by atoms with van der Waals surface area (Å²) in [7, 11) is 4.04. The molecule has 0 aliphatic rings. The molecule has 5 nitrogen and oxygen atoms in total. The van der Waals surface area contributed by atoms with Crippen LogP contribution in [0, 0.1) is 0 Å². The van der Waals surface area contributed by atoms with Crippen LogP contribution >= 0.6 is 0 Å². The Hall–Kier alpha value is -2.14. The smallest absolute Gasteiger partial charge is 0.255 e. The normalized spacial score (nSPS) is 11.7. The van der Waals surface area contributed by atoms with E-state index in [9.17, 15) is 4.79 Å². The van der Waals surface area contributed by atoms with E-state index in [0.717, 1.165) is 13.1 Å². The highest BCUT2D eigenvalue weighted by molar-refractivity contribution is 6.04. The molecule has 0 bridgehead atoms. The number of aromatic nitrogens is 2. The van der Waals surface area contributed by atoms with E-state index in [0.29, 0.717) is 11.3 Å². The molecule has 2 aromatic rings. The number of amides is 1. The fourth-order valence-electron chi connectivity index (χ4n) is 2.18. The summed E-state index contributed by atoms with van der Waals surface area (Å²) < 4.78 is 1.83. The van der Waals surface area contributed by atoms with Crippen molar-refractivity contribution in [3.63, 3.8) is 0 Å². The lowest BCUT2D eigenvalue weighted by Crippen LogP contribution is -2.18. The summed E-state index contributed by atoms with van der Waals surface area (Å²) in [6, 6.07) is 7.75. The van der Waals surface area contributed by atoms with Gasteiger partial charge in [-0.2, -0.15) is 5.10 Å². The molecular weight excluding hydrogens is 288 g/mol. The largest absolute Gasteiger partial charge is 0.319 e. The average molecular weight is 314 g/mol. The molecule has 0 radical (unpaired) electrons. The first-order chi connectivity index (χ1) is 10.8. The lowest BCUT2D eigenvalue weighted by Gasteiger charge is -2.19. The van der Waals surface area contributed by atoms with Gasteiger partial charge >= 0.3 is 0 Å². The Morgan fingerprint density at radius 1 is 1.22 bits per heavy atom. The van der Waals surface area contributed by atoms with Crippen LogP contribution in [-0.4, -0.2) is 41.2 Å². The van der Waals surface area contributed by atoms with Gasteiger partial charge in [0.05, 0.1) is 18.4 Å². The zero-order valence-electron chi connectivity index (χ0n) is 14.6. The van der Waals surface area contributed by atoms with Crippen LogP contribution in [0.3, 0.4) is 0 Å². The number of hydrogen-bond donors (Lipinski definition) is 1. The average Bonchev–Trinajstić information content (AvgIpc) is 2.92. The summed E-state index contributed by atoms with van der Waals surface area (Å²) in [6.45, 7) is 8.17. The number of benzene rings is 1. The van der Waals surface area contributed by atoms with Gasteiger partial charge in [0.1, 0.15) is 0 Å². The third kappa shape index (κ3) is 4.93. The molecule has 0 spiro atoms. The number of nitrogens with zero attached hydrogens (tertiary/aromatic N) is 3. The van der Waals surface area contributed by atoms with Crippen LogP contribution < -0.4 is 5.32 Å². The molecule has 0 unspecified atom stereocenters. The van der Waals surface area contributed by atoms with Gasteiger partial charge in [0.2, 0.25) is 0 Å². The predicted molar refractivity (Wildman–Crippen MR) is 93.9 cm³/mol. The molecule has 0 aliphatic heterocycles. The molecule has 1 aromatic heterocycles. The Morgan fingerprint density at radius 2 is 1.87 bits per heavy atom. The molecule has 0 saturated carbocycles. The molecule has 124 valence electrons. The lowest BCUT2D eigenvalue weighted by atomic mass is 9.87. The van der Waals surface area contributed by atoms with Gasteiger partial charge < -0.3 is 10.2 Å². The maximum absolute atomic E-state index is 12.3. The van der Waals surface area contributed by atoms with Crippen molar-refractivity contribution < 1.29 is 4.79 Å². The van der Waals surface area contributed by atoms with Crippen molar-refractivity contribution in [1.29, 1.82) is 0 Å². The van der Waals surface area contributed by atoms with E-state index < -0.39 is 0 Å². The van der Waals surface area contributed by atoms with Crippen molar-refractivity contribution in [2.75, 3.05) is 26.0 Å². The highest BCUT2D eigenvalue weighted by atomic mass is 16.1. The number of hydrogen-bond acceptors (Lipinski definition) is 3. The summed E-state index contributed by atoms with van der Waals surface area (Å²) in [5.74, 6) is -0.113. The summed E-state index contributed by atoms with van der Waals surface area (Å²) in [6.07, 6.45) is 3.53. The van der Waals surface area contributed by atoms with Gasteiger partial charge in [-0.05, 0) is 37.2 Å². The minimum atomic E-state index is -0.113. The van der Waals surface area contributed by atoms with Crippen LogP contribution in [0.5, 0.6) is 0 Å². The Kier molecular flexibility index (Phi) is 5.21. The monoisotopic (exact) mass is 314 g/mol. The summed E-state index contributed by atoms with van der Waals surface area (Å²) >= 11 is 0. The second-order valence-corrected chi connectivity index (χ2v) is 7.08. The number of likely N-dealkylation sites (N-methyl/N-ethyl adjacent to an activating group) is 1. The lowest BCUT2D eigenvalue weighted by molar-refractivity contribution is 0.102. The number of carbonyl (C=O) groups is 1.